The minimum atomic E-state index is -0.649. The molecule has 1 unspecified atom stereocenters. The number of rotatable bonds is 4. The van der Waals surface area contributed by atoms with Gasteiger partial charge in [0.25, 0.3) is 11.5 Å². The van der Waals surface area contributed by atoms with E-state index in [0.29, 0.717) is 31.3 Å². The third kappa shape index (κ3) is 4.38. The molecule has 0 aliphatic carbocycles. The van der Waals surface area contributed by atoms with E-state index in [4.69, 9.17) is 11.6 Å². The lowest BCUT2D eigenvalue weighted by Gasteiger charge is -2.25. The third-order valence-electron chi connectivity index (χ3n) is 5.82. The van der Waals surface area contributed by atoms with Crippen LogP contribution in [-0.4, -0.2) is 20.3 Å². The Hall–Kier alpha value is -3.75. The van der Waals surface area contributed by atoms with Crippen LogP contribution in [0.25, 0.3) is 6.08 Å². The molecule has 5 rings (SSSR count). The summed E-state index contributed by atoms with van der Waals surface area (Å²) in [6.45, 7) is 3.70. The van der Waals surface area contributed by atoms with Gasteiger partial charge in [0.1, 0.15) is 0 Å². The summed E-state index contributed by atoms with van der Waals surface area (Å²) >= 11 is 7.44. The monoisotopic (exact) mass is 503 g/mol. The molecule has 176 valence electrons. The number of hydrogen-bond acceptors (Lipinski definition) is 5. The lowest BCUT2D eigenvalue weighted by molar-refractivity contribution is -0.113. The van der Waals surface area contributed by atoms with E-state index in [-0.39, 0.29) is 11.5 Å². The van der Waals surface area contributed by atoms with Crippen LogP contribution in [0.4, 0.5) is 5.69 Å². The van der Waals surface area contributed by atoms with Crippen molar-refractivity contribution in [2.45, 2.75) is 19.9 Å². The number of nitrogens with one attached hydrogen (secondary N) is 1. The van der Waals surface area contributed by atoms with Crippen molar-refractivity contribution in [1.82, 2.24) is 14.3 Å². The fraction of sp³-hybridized carbons (Fsp3) is 0.154. The third-order valence-corrected chi connectivity index (χ3v) is 7.06. The highest BCUT2D eigenvalue weighted by Gasteiger charge is 2.32. The number of benzene rings is 2. The molecular weight excluding hydrogens is 482 g/mol. The summed E-state index contributed by atoms with van der Waals surface area (Å²) in [5.74, 6) is -0.310. The molecule has 1 aliphatic rings. The van der Waals surface area contributed by atoms with Gasteiger partial charge in [-0.25, -0.2) is 4.99 Å². The number of aromatic nitrogens is 3. The average Bonchev–Trinajstić information content (AvgIpc) is 3.31. The number of thiazole rings is 1. The number of carbonyl (C=O) groups excluding carboxylic acids is 1. The minimum Gasteiger partial charge on any atom is -0.322 e. The van der Waals surface area contributed by atoms with E-state index >= 15 is 0 Å². The van der Waals surface area contributed by atoms with Crippen molar-refractivity contribution in [2.75, 3.05) is 5.32 Å². The number of allylic oxidation sites excluding steroid dienone is 1. The summed E-state index contributed by atoms with van der Waals surface area (Å²) < 4.78 is 3.83. The van der Waals surface area contributed by atoms with Gasteiger partial charge >= 0.3 is 0 Å². The Morgan fingerprint density at radius 3 is 2.49 bits per heavy atom. The van der Waals surface area contributed by atoms with E-state index < -0.39 is 6.04 Å². The van der Waals surface area contributed by atoms with Gasteiger partial charge < -0.3 is 5.32 Å². The molecule has 0 bridgehead atoms. The Kier molecular flexibility index (Phi) is 6.00. The Labute approximate surface area is 210 Å². The molecule has 9 heteroatoms. The van der Waals surface area contributed by atoms with E-state index in [1.165, 1.54) is 11.3 Å². The van der Waals surface area contributed by atoms with Gasteiger partial charge in [-0.15, -0.1) is 0 Å². The van der Waals surface area contributed by atoms with E-state index in [2.05, 4.69) is 15.4 Å². The summed E-state index contributed by atoms with van der Waals surface area (Å²) in [5, 5.41) is 7.88. The second kappa shape index (κ2) is 9.13. The molecule has 3 heterocycles. The van der Waals surface area contributed by atoms with Crippen molar-refractivity contribution in [3.05, 3.63) is 114 Å². The summed E-state index contributed by atoms with van der Waals surface area (Å²) in [6.07, 6.45) is 3.70. The second-order valence-electron chi connectivity index (χ2n) is 8.30. The van der Waals surface area contributed by atoms with E-state index in [1.807, 2.05) is 68.7 Å². The van der Waals surface area contributed by atoms with Gasteiger partial charge in [0.05, 0.1) is 27.5 Å². The molecule has 1 N–H and O–H groups in total. The van der Waals surface area contributed by atoms with Crippen molar-refractivity contribution >= 4 is 40.6 Å². The normalized spacial score (nSPS) is 15.7. The van der Waals surface area contributed by atoms with Crippen LogP contribution in [0.2, 0.25) is 5.02 Å². The minimum absolute atomic E-state index is 0.213. The van der Waals surface area contributed by atoms with Crippen molar-refractivity contribution in [1.29, 1.82) is 0 Å². The standard InChI is InChI=1S/C26H22ClN5O2S/c1-15-18(14-31(3)30-15)13-21-25(34)32-23(17-9-11-19(27)12-10-17)22(16(2)28-26(32)35-21)24(33)29-20-7-5-4-6-8-20/h4-14,23H,1-3H3,(H,29,33)/b21-13+. The second-order valence-corrected chi connectivity index (χ2v) is 9.74. The molecule has 2 aromatic heterocycles. The molecular formula is C26H22ClN5O2S. The van der Waals surface area contributed by atoms with Crippen LogP contribution in [0.3, 0.4) is 0 Å². The Bertz CT molecular complexity index is 1650. The van der Waals surface area contributed by atoms with Crippen LogP contribution in [0, 0.1) is 6.92 Å². The Morgan fingerprint density at radius 1 is 1.11 bits per heavy atom. The van der Waals surface area contributed by atoms with Gasteiger partial charge in [0.2, 0.25) is 0 Å². The lowest BCUT2D eigenvalue weighted by Crippen LogP contribution is -2.40. The van der Waals surface area contributed by atoms with E-state index in [0.717, 1.165) is 16.8 Å². The van der Waals surface area contributed by atoms with Crippen LogP contribution in [-0.2, 0) is 11.8 Å². The zero-order chi connectivity index (χ0) is 24.7. The van der Waals surface area contributed by atoms with Crippen LogP contribution >= 0.6 is 22.9 Å². The fourth-order valence-corrected chi connectivity index (χ4v) is 5.36. The highest BCUT2D eigenvalue weighted by molar-refractivity contribution is 7.07. The van der Waals surface area contributed by atoms with E-state index in [1.54, 1.807) is 28.3 Å². The molecule has 0 fully saturated rings. The van der Waals surface area contributed by atoms with Crippen molar-refractivity contribution in [3.8, 4) is 0 Å². The summed E-state index contributed by atoms with van der Waals surface area (Å²) in [7, 11) is 1.84. The van der Waals surface area contributed by atoms with Crippen LogP contribution in [0.15, 0.2) is 81.9 Å². The topological polar surface area (TPSA) is 81.3 Å². The first-order valence-corrected chi connectivity index (χ1v) is 12.2. The molecule has 0 radical (unpaired) electrons. The molecule has 4 aromatic rings. The van der Waals surface area contributed by atoms with Crippen LogP contribution in [0.5, 0.6) is 0 Å². The number of aryl methyl sites for hydroxylation is 2. The fourth-order valence-electron chi connectivity index (χ4n) is 4.19. The molecule has 1 atom stereocenters. The number of halogens is 1. The molecule has 7 nitrogen and oxygen atoms in total. The first kappa shape index (κ1) is 23.0. The predicted molar refractivity (Wildman–Crippen MR) is 138 cm³/mol. The number of para-hydroxylation sites is 1. The molecule has 35 heavy (non-hydrogen) atoms. The van der Waals surface area contributed by atoms with Gasteiger partial charge in [-0.05, 0) is 49.8 Å². The molecule has 0 saturated heterocycles. The summed E-state index contributed by atoms with van der Waals surface area (Å²) in [5.41, 5.74) is 3.88. The van der Waals surface area contributed by atoms with Gasteiger partial charge in [-0.2, -0.15) is 5.10 Å². The number of nitrogens with zero attached hydrogens (tertiary/aromatic N) is 4. The summed E-state index contributed by atoms with van der Waals surface area (Å²) in [6, 6.07) is 15.8. The van der Waals surface area contributed by atoms with E-state index in [9.17, 15) is 9.59 Å². The highest BCUT2D eigenvalue weighted by atomic mass is 35.5. The molecule has 2 aromatic carbocycles. The first-order chi connectivity index (χ1) is 16.8. The number of hydrogen-bond donors (Lipinski definition) is 1. The molecule has 1 amide bonds. The number of fused-ring (bicyclic) bond motifs is 1. The van der Waals surface area contributed by atoms with Crippen molar-refractivity contribution in [2.24, 2.45) is 12.0 Å². The molecule has 0 saturated carbocycles. The molecule has 0 spiro atoms. The van der Waals surface area contributed by atoms with Crippen molar-refractivity contribution in [3.63, 3.8) is 0 Å². The van der Waals surface area contributed by atoms with Crippen molar-refractivity contribution < 1.29 is 4.79 Å². The maximum atomic E-state index is 13.7. The zero-order valence-electron chi connectivity index (χ0n) is 19.3. The smallest absolute Gasteiger partial charge is 0.271 e. The number of anilines is 1. The Morgan fingerprint density at radius 2 is 1.83 bits per heavy atom. The Balaban J connectivity index is 1.69. The summed E-state index contributed by atoms with van der Waals surface area (Å²) in [4.78, 5) is 32.4. The quantitative estimate of drug-likeness (QED) is 0.462. The predicted octanol–water partition coefficient (Wildman–Crippen LogP) is 3.57. The zero-order valence-corrected chi connectivity index (χ0v) is 20.9. The first-order valence-electron chi connectivity index (χ1n) is 11.0. The van der Waals surface area contributed by atoms with Gasteiger partial charge in [0.15, 0.2) is 4.80 Å². The number of carbonyl (C=O) groups is 1. The van der Waals surface area contributed by atoms with Gasteiger partial charge in [-0.1, -0.05) is 53.3 Å². The number of amides is 1. The molecule has 1 aliphatic heterocycles. The maximum Gasteiger partial charge on any atom is 0.271 e. The highest BCUT2D eigenvalue weighted by Crippen LogP contribution is 2.31. The maximum absolute atomic E-state index is 13.7. The van der Waals surface area contributed by atoms with Crippen LogP contribution in [0.1, 0.15) is 29.8 Å². The van der Waals surface area contributed by atoms with Gasteiger partial charge in [0, 0.05) is 29.5 Å². The SMILES string of the molecule is CC1=C(C(=O)Nc2ccccc2)C(c2ccc(Cl)cc2)n2c(s/c(=C/c3cn(C)nc3C)c2=O)=N1. The van der Waals surface area contributed by atoms with Gasteiger partial charge in [-0.3, -0.25) is 18.8 Å². The average molecular weight is 504 g/mol. The lowest BCUT2D eigenvalue weighted by atomic mass is 9.95. The van der Waals surface area contributed by atoms with Crippen LogP contribution < -0.4 is 20.2 Å². The largest absolute Gasteiger partial charge is 0.322 e.